The second-order valence-electron chi connectivity index (χ2n) is 5.96. The van der Waals surface area contributed by atoms with E-state index in [4.69, 9.17) is 0 Å². The molecule has 0 unspecified atom stereocenters. The minimum Gasteiger partial charge on any atom is -0.309 e. The van der Waals surface area contributed by atoms with Gasteiger partial charge in [0.15, 0.2) is 5.78 Å². The maximum absolute atomic E-state index is 12.4. The van der Waals surface area contributed by atoms with Crippen LogP contribution < -0.4 is 5.56 Å². The lowest BCUT2D eigenvalue weighted by Crippen LogP contribution is -2.21. The van der Waals surface area contributed by atoms with Gasteiger partial charge in [-0.2, -0.15) is 0 Å². The van der Waals surface area contributed by atoms with E-state index in [0.717, 1.165) is 12.1 Å². The van der Waals surface area contributed by atoms with Crippen LogP contribution in [0.3, 0.4) is 0 Å². The predicted molar refractivity (Wildman–Crippen MR) is 96.6 cm³/mol. The molecule has 0 aliphatic rings. The monoisotopic (exact) mass is 341 g/mol. The average Bonchev–Trinajstić information content (AvgIpc) is 2.85. The van der Waals surface area contributed by atoms with Crippen molar-refractivity contribution in [2.45, 2.75) is 26.9 Å². The van der Waals surface area contributed by atoms with Crippen molar-refractivity contribution in [2.75, 3.05) is 7.05 Å². The van der Waals surface area contributed by atoms with Gasteiger partial charge in [-0.3, -0.25) is 14.5 Å². The number of aryl methyl sites for hydroxylation is 1. The highest BCUT2D eigenvalue weighted by atomic mass is 32.1. The van der Waals surface area contributed by atoms with E-state index < -0.39 is 0 Å². The molecule has 0 saturated heterocycles. The number of nitrogens with one attached hydrogen (secondary N) is 1. The third-order valence-electron chi connectivity index (χ3n) is 3.88. The molecular formula is C18H19N3O2S. The number of hydrogen-bond acceptors (Lipinski definition) is 5. The maximum atomic E-state index is 12.4. The lowest BCUT2D eigenvalue weighted by atomic mass is 10.2. The summed E-state index contributed by atoms with van der Waals surface area (Å²) in [7, 11) is 1.98. The summed E-state index contributed by atoms with van der Waals surface area (Å²) in [5, 5.41) is 0.527. The number of fused-ring (bicyclic) bond motifs is 1. The molecule has 6 heteroatoms. The van der Waals surface area contributed by atoms with Gasteiger partial charge >= 0.3 is 0 Å². The zero-order valence-electron chi connectivity index (χ0n) is 13.9. The van der Waals surface area contributed by atoms with Crippen molar-refractivity contribution in [1.29, 1.82) is 0 Å². The van der Waals surface area contributed by atoms with E-state index in [9.17, 15) is 9.59 Å². The second-order valence-corrected chi connectivity index (χ2v) is 6.96. The summed E-state index contributed by atoms with van der Waals surface area (Å²) < 4.78 is 0. The van der Waals surface area contributed by atoms with Crippen molar-refractivity contribution in [2.24, 2.45) is 0 Å². The Morgan fingerprint density at radius 3 is 2.62 bits per heavy atom. The van der Waals surface area contributed by atoms with Gasteiger partial charge in [0.05, 0.1) is 16.8 Å². The molecule has 1 N–H and O–H groups in total. The zero-order valence-corrected chi connectivity index (χ0v) is 14.7. The number of aromatic amines is 1. The van der Waals surface area contributed by atoms with Crippen LogP contribution in [0, 0.1) is 6.92 Å². The highest BCUT2D eigenvalue weighted by Gasteiger charge is 2.17. The minimum atomic E-state index is -0.177. The molecule has 124 valence electrons. The predicted octanol–water partition coefficient (Wildman–Crippen LogP) is 3.13. The maximum Gasteiger partial charge on any atom is 0.259 e. The van der Waals surface area contributed by atoms with Crippen molar-refractivity contribution in [1.82, 2.24) is 14.9 Å². The SMILES string of the molecule is CC(=O)c1sc2nc(CN(C)Cc3ccccc3)[nH]c(=O)c2c1C. The molecule has 0 atom stereocenters. The standard InChI is InChI=1S/C18H19N3O2S/c1-11-15-17(23)19-14(20-18(15)24-16(11)12(2)22)10-21(3)9-13-7-5-4-6-8-13/h4-8H,9-10H2,1-3H3,(H,19,20,23). The Kier molecular flexibility index (Phi) is 4.59. The first-order valence-corrected chi connectivity index (χ1v) is 8.53. The van der Waals surface area contributed by atoms with Crippen molar-refractivity contribution >= 4 is 27.3 Å². The summed E-state index contributed by atoms with van der Waals surface area (Å²) >= 11 is 1.29. The van der Waals surface area contributed by atoms with Crippen LogP contribution in [0.4, 0.5) is 0 Å². The van der Waals surface area contributed by atoms with Crippen LogP contribution in [0.5, 0.6) is 0 Å². The number of rotatable bonds is 5. The molecular weight excluding hydrogens is 322 g/mol. The summed E-state index contributed by atoms with van der Waals surface area (Å²) in [6.07, 6.45) is 0. The van der Waals surface area contributed by atoms with E-state index in [1.54, 1.807) is 6.92 Å². The van der Waals surface area contributed by atoms with Gasteiger partial charge in [-0.15, -0.1) is 11.3 Å². The first kappa shape index (κ1) is 16.5. The Bertz CT molecular complexity index is 944. The molecule has 0 saturated carbocycles. The van der Waals surface area contributed by atoms with Crippen LogP contribution in [-0.2, 0) is 13.1 Å². The molecule has 2 aromatic heterocycles. The number of thiophene rings is 1. The fraction of sp³-hybridized carbons (Fsp3) is 0.278. The Labute approximate surface area is 144 Å². The van der Waals surface area contributed by atoms with E-state index in [1.165, 1.54) is 23.8 Å². The summed E-state index contributed by atoms with van der Waals surface area (Å²) in [6.45, 7) is 4.62. The van der Waals surface area contributed by atoms with Gasteiger partial charge in [-0.05, 0) is 32.0 Å². The summed E-state index contributed by atoms with van der Waals surface area (Å²) in [5.74, 6) is 0.583. The number of Topliss-reactive ketones (excluding diaryl/α,β-unsaturated/α-hetero) is 1. The van der Waals surface area contributed by atoms with Gasteiger partial charge in [0, 0.05) is 6.54 Å². The van der Waals surface area contributed by atoms with Crippen molar-refractivity contribution in [3.8, 4) is 0 Å². The zero-order chi connectivity index (χ0) is 17.3. The first-order chi connectivity index (χ1) is 11.5. The Morgan fingerprint density at radius 1 is 1.25 bits per heavy atom. The van der Waals surface area contributed by atoms with Gasteiger partial charge in [0.1, 0.15) is 10.7 Å². The van der Waals surface area contributed by atoms with Crippen molar-refractivity contribution < 1.29 is 4.79 Å². The van der Waals surface area contributed by atoms with E-state index in [-0.39, 0.29) is 11.3 Å². The van der Waals surface area contributed by atoms with Gasteiger partial charge in [-0.1, -0.05) is 30.3 Å². The number of carbonyl (C=O) groups is 1. The second kappa shape index (κ2) is 6.67. The lowest BCUT2D eigenvalue weighted by molar-refractivity contribution is 0.102. The Balaban J connectivity index is 1.88. The topological polar surface area (TPSA) is 66.1 Å². The lowest BCUT2D eigenvalue weighted by Gasteiger charge is -2.15. The van der Waals surface area contributed by atoms with Crippen LogP contribution in [0.1, 0.15) is 33.5 Å². The number of benzene rings is 1. The van der Waals surface area contributed by atoms with Crippen LogP contribution in [0.15, 0.2) is 35.1 Å². The Hall–Kier alpha value is -2.31. The quantitative estimate of drug-likeness (QED) is 0.724. The first-order valence-electron chi connectivity index (χ1n) is 7.71. The third kappa shape index (κ3) is 3.29. The van der Waals surface area contributed by atoms with Gasteiger partial charge in [0.2, 0.25) is 0 Å². The van der Waals surface area contributed by atoms with Gasteiger partial charge in [0.25, 0.3) is 5.56 Å². The van der Waals surface area contributed by atoms with Gasteiger partial charge < -0.3 is 4.98 Å². The summed E-state index contributed by atoms with van der Waals surface area (Å²) in [5.41, 5.74) is 1.75. The molecule has 0 spiro atoms. The molecule has 0 radical (unpaired) electrons. The molecule has 3 aromatic rings. The van der Waals surface area contributed by atoms with Gasteiger partial charge in [-0.25, -0.2) is 4.98 Å². The van der Waals surface area contributed by atoms with Crippen LogP contribution in [0.25, 0.3) is 10.2 Å². The third-order valence-corrected chi connectivity index (χ3v) is 5.17. The van der Waals surface area contributed by atoms with E-state index in [0.29, 0.717) is 27.5 Å². The normalized spacial score (nSPS) is 11.3. The van der Waals surface area contributed by atoms with Crippen molar-refractivity contribution in [3.63, 3.8) is 0 Å². The molecule has 5 nitrogen and oxygen atoms in total. The molecule has 0 bridgehead atoms. The highest BCUT2D eigenvalue weighted by molar-refractivity contribution is 7.20. The van der Waals surface area contributed by atoms with Crippen LogP contribution in [-0.4, -0.2) is 27.7 Å². The number of carbonyl (C=O) groups excluding carboxylic acids is 1. The number of H-pyrrole nitrogens is 1. The average molecular weight is 341 g/mol. The van der Waals surface area contributed by atoms with Crippen LogP contribution >= 0.6 is 11.3 Å². The van der Waals surface area contributed by atoms with Crippen LogP contribution in [0.2, 0.25) is 0 Å². The van der Waals surface area contributed by atoms with E-state index >= 15 is 0 Å². The molecule has 0 aliphatic carbocycles. The van der Waals surface area contributed by atoms with Crippen molar-refractivity contribution in [3.05, 3.63) is 62.5 Å². The number of ketones is 1. The highest BCUT2D eigenvalue weighted by Crippen LogP contribution is 2.27. The fourth-order valence-electron chi connectivity index (χ4n) is 2.81. The molecule has 3 rings (SSSR count). The Morgan fingerprint density at radius 2 is 1.96 bits per heavy atom. The van der Waals surface area contributed by atoms with E-state index in [2.05, 4.69) is 27.0 Å². The molecule has 24 heavy (non-hydrogen) atoms. The van der Waals surface area contributed by atoms with E-state index in [1.807, 2.05) is 25.2 Å². The molecule has 2 heterocycles. The fourth-order valence-corrected chi connectivity index (χ4v) is 3.90. The minimum absolute atomic E-state index is 0.0300. The smallest absolute Gasteiger partial charge is 0.259 e. The molecule has 0 fully saturated rings. The molecule has 0 amide bonds. The molecule has 0 aliphatic heterocycles. The largest absolute Gasteiger partial charge is 0.309 e. The number of hydrogen-bond donors (Lipinski definition) is 1. The number of nitrogens with zero attached hydrogens (tertiary/aromatic N) is 2. The molecule has 1 aromatic carbocycles. The number of aromatic nitrogens is 2. The summed E-state index contributed by atoms with van der Waals surface area (Å²) in [6, 6.07) is 10.1. The summed E-state index contributed by atoms with van der Waals surface area (Å²) in [4.78, 5) is 34.8.